The van der Waals surface area contributed by atoms with Gasteiger partial charge in [0.05, 0.1) is 11.1 Å². The Balaban J connectivity index is 1.69. The number of aryl methyl sites for hydroxylation is 2. The number of hydrogen-bond acceptors (Lipinski definition) is 3. The number of benzene rings is 3. The third kappa shape index (κ3) is 3.74. The van der Waals surface area contributed by atoms with E-state index >= 15 is 0 Å². The van der Waals surface area contributed by atoms with Gasteiger partial charge in [0, 0.05) is 12.1 Å². The third-order valence-corrected chi connectivity index (χ3v) is 5.20. The smallest absolute Gasteiger partial charge is 0.262 e. The predicted octanol–water partition coefficient (Wildman–Crippen LogP) is 4.15. The number of carbonyl (C=O) groups is 3. The fraction of sp³-hybridized carbons (Fsp3) is 0.160. The molecule has 1 aliphatic heterocycles. The minimum absolute atomic E-state index is 0.239. The van der Waals surface area contributed by atoms with E-state index < -0.39 is 23.8 Å². The summed E-state index contributed by atoms with van der Waals surface area (Å²) in [5.41, 5.74) is 4.22. The number of rotatable bonds is 5. The van der Waals surface area contributed by atoms with Crippen LogP contribution >= 0.6 is 0 Å². The molecule has 0 radical (unpaired) electrons. The van der Waals surface area contributed by atoms with Crippen LogP contribution in [0.3, 0.4) is 0 Å². The number of anilines is 1. The largest absolute Gasteiger partial charge is 0.324 e. The molecule has 0 bridgehead atoms. The molecule has 4 rings (SSSR count). The molecule has 5 nitrogen and oxygen atoms in total. The van der Waals surface area contributed by atoms with Crippen molar-refractivity contribution in [1.29, 1.82) is 0 Å². The second-order valence-corrected chi connectivity index (χ2v) is 7.60. The van der Waals surface area contributed by atoms with Gasteiger partial charge in [-0.15, -0.1) is 0 Å². The van der Waals surface area contributed by atoms with Crippen LogP contribution in [0.5, 0.6) is 0 Å². The minimum atomic E-state index is -0.958. The molecule has 3 aromatic rings. The number of carbonyl (C=O) groups excluding carboxylic acids is 3. The van der Waals surface area contributed by atoms with Crippen LogP contribution in [0.2, 0.25) is 0 Å². The molecule has 150 valence electrons. The number of imide groups is 1. The molecule has 1 unspecified atom stereocenters. The molecule has 0 spiro atoms. The summed E-state index contributed by atoms with van der Waals surface area (Å²) < 4.78 is 0. The summed E-state index contributed by atoms with van der Waals surface area (Å²) in [6.45, 7) is 3.91. The molecule has 1 N–H and O–H groups in total. The first kappa shape index (κ1) is 19.6. The Labute approximate surface area is 175 Å². The SMILES string of the molecule is Cc1cc(C)cc(NC(=O)C(Cc2ccccc2)N2C(=O)c3ccccc3C2=O)c1. The second kappa shape index (κ2) is 7.95. The Morgan fingerprint density at radius 2 is 1.37 bits per heavy atom. The maximum absolute atomic E-state index is 13.3. The van der Waals surface area contributed by atoms with E-state index in [9.17, 15) is 14.4 Å². The summed E-state index contributed by atoms with van der Waals surface area (Å²) >= 11 is 0. The summed E-state index contributed by atoms with van der Waals surface area (Å²) in [6.07, 6.45) is 0.239. The van der Waals surface area contributed by atoms with Crippen molar-refractivity contribution in [1.82, 2.24) is 4.90 Å². The molecule has 0 fully saturated rings. The van der Waals surface area contributed by atoms with Crippen LogP contribution in [0, 0.1) is 13.8 Å². The summed E-state index contributed by atoms with van der Waals surface area (Å²) in [4.78, 5) is 40.5. The molecule has 5 heteroatoms. The molecule has 3 amide bonds. The molecule has 0 saturated carbocycles. The maximum Gasteiger partial charge on any atom is 0.262 e. The summed E-state index contributed by atoms with van der Waals surface area (Å²) in [5, 5.41) is 2.90. The lowest BCUT2D eigenvalue weighted by Gasteiger charge is -2.25. The molecule has 0 saturated heterocycles. The van der Waals surface area contributed by atoms with Crippen molar-refractivity contribution in [2.24, 2.45) is 0 Å². The molecular weight excluding hydrogens is 376 g/mol. The first-order chi connectivity index (χ1) is 14.4. The lowest BCUT2D eigenvalue weighted by molar-refractivity contribution is -0.119. The molecule has 1 atom stereocenters. The van der Waals surface area contributed by atoms with E-state index in [2.05, 4.69) is 5.32 Å². The average molecular weight is 398 g/mol. The summed E-state index contributed by atoms with van der Waals surface area (Å²) in [5.74, 6) is -1.27. The van der Waals surface area contributed by atoms with Crippen LogP contribution < -0.4 is 5.32 Å². The van der Waals surface area contributed by atoms with Crippen molar-refractivity contribution in [2.45, 2.75) is 26.3 Å². The van der Waals surface area contributed by atoms with Gasteiger partial charge in [0.1, 0.15) is 6.04 Å². The lowest BCUT2D eigenvalue weighted by atomic mass is 10.0. The Morgan fingerprint density at radius 1 is 0.833 bits per heavy atom. The zero-order valence-electron chi connectivity index (χ0n) is 16.9. The van der Waals surface area contributed by atoms with Gasteiger partial charge in [-0.05, 0) is 54.8 Å². The van der Waals surface area contributed by atoms with Crippen LogP contribution in [0.25, 0.3) is 0 Å². The first-order valence-corrected chi connectivity index (χ1v) is 9.84. The molecular formula is C25H22N2O3. The maximum atomic E-state index is 13.3. The Kier molecular flexibility index (Phi) is 5.19. The summed E-state index contributed by atoms with van der Waals surface area (Å²) in [7, 11) is 0. The third-order valence-electron chi connectivity index (χ3n) is 5.20. The molecule has 30 heavy (non-hydrogen) atoms. The van der Waals surface area contributed by atoms with E-state index in [4.69, 9.17) is 0 Å². The highest BCUT2D eigenvalue weighted by molar-refractivity contribution is 6.23. The molecule has 3 aromatic carbocycles. The van der Waals surface area contributed by atoms with Gasteiger partial charge < -0.3 is 5.32 Å². The first-order valence-electron chi connectivity index (χ1n) is 9.84. The van der Waals surface area contributed by atoms with Gasteiger partial charge in [0.15, 0.2) is 0 Å². The number of amides is 3. The van der Waals surface area contributed by atoms with Gasteiger partial charge in [0.25, 0.3) is 11.8 Å². The zero-order chi connectivity index (χ0) is 21.3. The van der Waals surface area contributed by atoms with Crippen LogP contribution in [-0.4, -0.2) is 28.7 Å². The number of hydrogen-bond donors (Lipinski definition) is 1. The Morgan fingerprint density at radius 3 is 1.93 bits per heavy atom. The van der Waals surface area contributed by atoms with Gasteiger partial charge in [-0.3, -0.25) is 19.3 Å². The fourth-order valence-corrected chi connectivity index (χ4v) is 3.90. The normalized spacial score (nSPS) is 13.9. The van der Waals surface area contributed by atoms with Gasteiger partial charge >= 0.3 is 0 Å². The van der Waals surface area contributed by atoms with Gasteiger partial charge in [-0.1, -0.05) is 48.5 Å². The highest BCUT2D eigenvalue weighted by Crippen LogP contribution is 2.27. The van der Waals surface area contributed by atoms with E-state index in [0.29, 0.717) is 16.8 Å². The van der Waals surface area contributed by atoms with E-state index in [1.165, 1.54) is 0 Å². The van der Waals surface area contributed by atoms with Crippen molar-refractivity contribution in [2.75, 3.05) is 5.32 Å². The van der Waals surface area contributed by atoms with Crippen LogP contribution in [-0.2, 0) is 11.2 Å². The number of nitrogens with one attached hydrogen (secondary N) is 1. The monoisotopic (exact) mass is 398 g/mol. The quantitative estimate of drug-likeness (QED) is 0.657. The van der Waals surface area contributed by atoms with Crippen molar-refractivity contribution in [3.05, 3.63) is 101 Å². The number of fused-ring (bicyclic) bond motifs is 1. The average Bonchev–Trinajstić information content (AvgIpc) is 2.97. The number of nitrogens with zero attached hydrogens (tertiary/aromatic N) is 1. The van der Waals surface area contributed by atoms with Crippen molar-refractivity contribution >= 4 is 23.4 Å². The fourth-order valence-electron chi connectivity index (χ4n) is 3.90. The second-order valence-electron chi connectivity index (χ2n) is 7.60. The van der Waals surface area contributed by atoms with E-state index in [1.54, 1.807) is 24.3 Å². The predicted molar refractivity (Wildman–Crippen MR) is 115 cm³/mol. The van der Waals surface area contributed by atoms with Crippen molar-refractivity contribution in [3.8, 4) is 0 Å². The molecule has 0 aromatic heterocycles. The van der Waals surface area contributed by atoms with E-state index in [-0.39, 0.29) is 6.42 Å². The topological polar surface area (TPSA) is 66.5 Å². The van der Waals surface area contributed by atoms with Gasteiger partial charge in [0.2, 0.25) is 5.91 Å². The lowest BCUT2D eigenvalue weighted by Crippen LogP contribution is -2.48. The Bertz CT molecular complexity index is 1080. The molecule has 1 heterocycles. The molecule has 1 aliphatic rings. The van der Waals surface area contributed by atoms with Gasteiger partial charge in [-0.25, -0.2) is 0 Å². The standard InChI is InChI=1S/C25H22N2O3/c1-16-12-17(2)14-19(13-16)26-23(28)22(15-18-8-4-3-5-9-18)27-24(29)20-10-6-7-11-21(20)25(27)30/h3-14,22H,15H2,1-2H3,(H,26,28). The van der Waals surface area contributed by atoms with Crippen LogP contribution in [0.1, 0.15) is 37.4 Å². The highest BCUT2D eigenvalue weighted by Gasteiger charge is 2.42. The molecule has 0 aliphatic carbocycles. The summed E-state index contributed by atoms with van der Waals surface area (Å²) in [6, 6.07) is 20.9. The Hall–Kier alpha value is -3.73. The van der Waals surface area contributed by atoms with E-state index in [1.807, 2.05) is 62.4 Å². The zero-order valence-corrected chi connectivity index (χ0v) is 16.9. The minimum Gasteiger partial charge on any atom is -0.324 e. The van der Waals surface area contributed by atoms with E-state index in [0.717, 1.165) is 21.6 Å². The van der Waals surface area contributed by atoms with Crippen molar-refractivity contribution < 1.29 is 14.4 Å². The van der Waals surface area contributed by atoms with Crippen molar-refractivity contribution in [3.63, 3.8) is 0 Å². The highest BCUT2D eigenvalue weighted by atomic mass is 16.2. The van der Waals surface area contributed by atoms with Gasteiger partial charge in [-0.2, -0.15) is 0 Å². The van der Waals surface area contributed by atoms with Crippen LogP contribution in [0.15, 0.2) is 72.8 Å². The van der Waals surface area contributed by atoms with Crippen LogP contribution in [0.4, 0.5) is 5.69 Å².